The van der Waals surface area contributed by atoms with Gasteiger partial charge < -0.3 is 4.90 Å². The summed E-state index contributed by atoms with van der Waals surface area (Å²) in [5.41, 5.74) is 2.11. The van der Waals surface area contributed by atoms with Crippen LogP contribution in [-0.2, 0) is 0 Å². The van der Waals surface area contributed by atoms with Crippen molar-refractivity contribution in [1.29, 1.82) is 0 Å². The minimum atomic E-state index is -0.487. The Morgan fingerprint density at radius 2 is 1.89 bits per heavy atom. The number of hydrogen-bond donors (Lipinski definition) is 0. The molecule has 0 bridgehead atoms. The van der Waals surface area contributed by atoms with Crippen molar-refractivity contribution in [2.45, 2.75) is 25.7 Å². The summed E-state index contributed by atoms with van der Waals surface area (Å²) in [6.45, 7) is 1.83. The van der Waals surface area contributed by atoms with Crippen LogP contribution >= 0.6 is 11.6 Å². The highest BCUT2D eigenvalue weighted by Crippen LogP contribution is 2.54. The molecule has 2 fully saturated rings. The van der Waals surface area contributed by atoms with E-state index in [0.717, 1.165) is 31.6 Å². The lowest BCUT2D eigenvalue weighted by atomic mass is 9.93. The number of nitrogens with zero attached hydrogens (tertiary/aromatic N) is 2. The zero-order valence-electron chi connectivity index (χ0n) is 10.6. The summed E-state index contributed by atoms with van der Waals surface area (Å²) in [4.78, 5) is 24.3. The van der Waals surface area contributed by atoms with Gasteiger partial charge in [0.15, 0.2) is 0 Å². The fourth-order valence-electron chi connectivity index (χ4n) is 2.90. The maximum atomic E-state index is 11.5. The zero-order chi connectivity index (χ0) is 13.5. The Morgan fingerprint density at radius 3 is 2.42 bits per heavy atom. The number of anilines is 1. The van der Waals surface area contributed by atoms with Crippen molar-refractivity contribution >= 4 is 28.2 Å². The Labute approximate surface area is 116 Å². The molecule has 1 aliphatic heterocycles. The average Bonchev–Trinajstić information content (AvgIpc) is 3.18. The SMILES string of the molecule is O=Nc1ccc(C(=O)Cl)c(N2CCC3(CC2)CC3)c1. The average molecular weight is 279 g/mol. The van der Waals surface area contributed by atoms with E-state index in [9.17, 15) is 9.70 Å². The van der Waals surface area contributed by atoms with Crippen LogP contribution in [0.4, 0.5) is 11.4 Å². The molecule has 100 valence electrons. The highest BCUT2D eigenvalue weighted by Gasteiger charge is 2.44. The van der Waals surface area contributed by atoms with E-state index in [2.05, 4.69) is 10.1 Å². The monoisotopic (exact) mass is 278 g/mol. The Hall–Kier alpha value is -1.42. The van der Waals surface area contributed by atoms with Crippen LogP contribution in [0.1, 0.15) is 36.0 Å². The molecule has 0 atom stereocenters. The standard InChI is InChI=1S/C14H15ClN2O2/c15-13(18)11-2-1-10(16-19)9-12(11)17-7-5-14(3-4-14)6-8-17/h1-2,9H,3-8H2. The molecule has 1 saturated carbocycles. The van der Waals surface area contributed by atoms with Crippen molar-refractivity contribution in [2.75, 3.05) is 18.0 Å². The second kappa shape index (κ2) is 4.60. The summed E-state index contributed by atoms with van der Waals surface area (Å²) in [7, 11) is 0. The number of piperidine rings is 1. The maximum Gasteiger partial charge on any atom is 0.254 e. The fraction of sp³-hybridized carbons (Fsp3) is 0.500. The van der Waals surface area contributed by atoms with Gasteiger partial charge in [0.05, 0.1) is 11.3 Å². The predicted molar refractivity (Wildman–Crippen MR) is 75.2 cm³/mol. The molecule has 0 radical (unpaired) electrons. The molecule has 4 nitrogen and oxygen atoms in total. The molecule has 19 heavy (non-hydrogen) atoms. The molecule has 2 aliphatic rings. The van der Waals surface area contributed by atoms with Crippen LogP contribution in [0.25, 0.3) is 0 Å². The van der Waals surface area contributed by atoms with E-state index in [1.54, 1.807) is 12.1 Å². The topological polar surface area (TPSA) is 49.7 Å². The van der Waals surface area contributed by atoms with Crippen molar-refractivity contribution in [3.8, 4) is 0 Å². The lowest BCUT2D eigenvalue weighted by Crippen LogP contribution is -2.35. The molecule has 0 unspecified atom stereocenters. The second-order valence-electron chi connectivity index (χ2n) is 5.55. The molecule has 0 aromatic heterocycles. The maximum absolute atomic E-state index is 11.5. The van der Waals surface area contributed by atoms with Gasteiger partial charge in [-0.2, -0.15) is 0 Å². The summed E-state index contributed by atoms with van der Waals surface area (Å²) in [6.07, 6.45) is 4.97. The van der Waals surface area contributed by atoms with Gasteiger partial charge in [-0.1, -0.05) is 0 Å². The van der Waals surface area contributed by atoms with Crippen LogP contribution in [0.3, 0.4) is 0 Å². The number of hydrogen-bond acceptors (Lipinski definition) is 4. The number of carbonyl (C=O) groups excluding carboxylic acids is 1. The smallest absolute Gasteiger partial charge is 0.254 e. The summed E-state index contributed by atoms with van der Waals surface area (Å²) >= 11 is 5.62. The molecule has 1 spiro atoms. The van der Waals surface area contributed by atoms with Gasteiger partial charge in [0.1, 0.15) is 5.69 Å². The number of benzene rings is 1. The first-order chi connectivity index (χ1) is 9.13. The zero-order valence-corrected chi connectivity index (χ0v) is 11.3. The van der Waals surface area contributed by atoms with E-state index in [0.29, 0.717) is 16.7 Å². The van der Waals surface area contributed by atoms with Crippen molar-refractivity contribution in [3.05, 3.63) is 28.7 Å². The summed E-state index contributed by atoms with van der Waals surface area (Å²) in [6, 6.07) is 4.77. The van der Waals surface area contributed by atoms with Gasteiger partial charge in [0.2, 0.25) is 0 Å². The van der Waals surface area contributed by atoms with E-state index in [1.807, 2.05) is 0 Å². The van der Waals surface area contributed by atoms with Gasteiger partial charge >= 0.3 is 0 Å². The van der Waals surface area contributed by atoms with Gasteiger partial charge in [-0.05, 0) is 66.1 Å². The summed E-state index contributed by atoms with van der Waals surface area (Å²) in [5, 5.41) is 2.45. The van der Waals surface area contributed by atoms with Crippen molar-refractivity contribution in [3.63, 3.8) is 0 Å². The van der Waals surface area contributed by atoms with E-state index in [-0.39, 0.29) is 0 Å². The molecule has 0 amide bonds. The Morgan fingerprint density at radius 1 is 1.21 bits per heavy atom. The van der Waals surface area contributed by atoms with Crippen LogP contribution < -0.4 is 4.90 Å². The number of halogens is 1. The molecular weight excluding hydrogens is 264 g/mol. The molecule has 1 aromatic rings. The fourth-order valence-corrected chi connectivity index (χ4v) is 3.06. The minimum Gasteiger partial charge on any atom is -0.371 e. The van der Waals surface area contributed by atoms with Gasteiger partial charge in [0.25, 0.3) is 5.24 Å². The third kappa shape index (κ3) is 2.37. The van der Waals surface area contributed by atoms with Crippen LogP contribution in [0.2, 0.25) is 0 Å². The molecule has 1 saturated heterocycles. The van der Waals surface area contributed by atoms with Crippen LogP contribution in [0, 0.1) is 10.3 Å². The first kappa shape index (κ1) is 12.6. The quantitative estimate of drug-likeness (QED) is 0.623. The molecule has 1 heterocycles. The molecule has 3 rings (SSSR count). The van der Waals surface area contributed by atoms with Crippen molar-refractivity contribution in [1.82, 2.24) is 0 Å². The Balaban J connectivity index is 1.89. The minimum absolute atomic E-state index is 0.336. The molecule has 1 aromatic carbocycles. The van der Waals surface area contributed by atoms with E-state index < -0.39 is 5.24 Å². The van der Waals surface area contributed by atoms with Crippen LogP contribution in [-0.4, -0.2) is 18.3 Å². The molecule has 5 heteroatoms. The lowest BCUT2D eigenvalue weighted by Gasteiger charge is -2.34. The van der Waals surface area contributed by atoms with Gasteiger partial charge in [-0.3, -0.25) is 4.79 Å². The van der Waals surface area contributed by atoms with Crippen LogP contribution in [0.15, 0.2) is 23.4 Å². The summed E-state index contributed by atoms with van der Waals surface area (Å²) in [5.74, 6) is 0. The first-order valence-corrected chi connectivity index (χ1v) is 6.94. The van der Waals surface area contributed by atoms with E-state index in [4.69, 9.17) is 11.6 Å². The first-order valence-electron chi connectivity index (χ1n) is 6.56. The lowest BCUT2D eigenvalue weighted by molar-refractivity contribution is 0.108. The number of rotatable bonds is 3. The highest BCUT2D eigenvalue weighted by molar-refractivity contribution is 6.68. The van der Waals surface area contributed by atoms with Crippen molar-refractivity contribution in [2.24, 2.45) is 10.6 Å². The van der Waals surface area contributed by atoms with Gasteiger partial charge in [-0.25, -0.2) is 0 Å². The molecule has 1 aliphatic carbocycles. The normalized spacial score (nSPS) is 20.4. The Bertz CT molecular complexity index is 530. The van der Waals surface area contributed by atoms with E-state index >= 15 is 0 Å². The summed E-state index contributed by atoms with van der Waals surface area (Å²) < 4.78 is 0. The van der Waals surface area contributed by atoms with Crippen molar-refractivity contribution < 1.29 is 4.79 Å². The van der Waals surface area contributed by atoms with Crippen LogP contribution in [0.5, 0.6) is 0 Å². The predicted octanol–water partition coefficient (Wildman–Crippen LogP) is 3.84. The van der Waals surface area contributed by atoms with E-state index in [1.165, 1.54) is 18.9 Å². The molecular formula is C14H15ClN2O2. The molecule has 0 N–H and O–H groups in total. The Kier molecular flexibility index (Phi) is 3.05. The second-order valence-corrected chi connectivity index (χ2v) is 5.90. The third-order valence-electron chi connectivity index (χ3n) is 4.42. The third-order valence-corrected chi connectivity index (χ3v) is 4.62. The van der Waals surface area contributed by atoms with Gasteiger partial charge in [0, 0.05) is 13.1 Å². The largest absolute Gasteiger partial charge is 0.371 e. The highest BCUT2D eigenvalue weighted by atomic mass is 35.5. The number of carbonyl (C=O) groups is 1. The van der Waals surface area contributed by atoms with Gasteiger partial charge in [-0.15, -0.1) is 4.91 Å². The number of nitroso groups, excluding NO2 is 1.